The van der Waals surface area contributed by atoms with Crippen LogP contribution < -0.4 is 9.62 Å². The van der Waals surface area contributed by atoms with Gasteiger partial charge in [0, 0.05) is 11.0 Å². The highest BCUT2D eigenvalue weighted by atomic mass is 79.9. The van der Waals surface area contributed by atoms with Crippen LogP contribution in [0.2, 0.25) is 0 Å². The number of halogens is 1. The minimum Gasteiger partial charge on any atom is -0.354 e. The minimum atomic E-state index is -3.52. The molecule has 0 unspecified atom stereocenters. The lowest BCUT2D eigenvalue weighted by Crippen LogP contribution is -2.41. The summed E-state index contributed by atoms with van der Waals surface area (Å²) in [6.45, 7) is 1.17. The van der Waals surface area contributed by atoms with Gasteiger partial charge in [-0.1, -0.05) is 15.9 Å². The number of hydrogen-bond donors (Lipinski definition) is 1. The van der Waals surface area contributed by atoms with Crippen LogP contribution in [0.1, 0.15) is 6.42 Å². The second-order valence-electron chi connectivity index (χ2n) is 5.25. The first kappa shape index (κ1) is 18.9. The molecule has 22 heavy (non-hydrogen) atoms. The molecule has 1 aromatic rings. The standard InChI is InChI=1S/C14H22BrN3O3S/c1-17(2)10-4-9-16-14(19)11-18(22(3,20)21)13-7-5-12(15)6-8-13/h5-8H,4,9-11H2,1-3H3,(H,16,19). The molecule has 0 aliphatic heterocycles. The molecule has 0 fully saturated rings. The molecule has 0 radical (unpaired) electrons. The molecule has 8 heteroatoms. The number of sulfonamides is 1. The third-order valence-corrected chi connectivity index (χ3v) is 4.58. The first-order valence-corrected chi connectivity index (χ1v) is 9.49. The van der Waals surface area contributed by atoms with Crippen molar-refractivity contribution in [1.29, 1.82) is 0 Å². The molecule has 6 nitrogen and oxygen atoms in total. The van der Waals surface area contributed by atoms with Crippen LogP contribution in [0.5, 0.6) is 0 Å². The van der Waals surface area contributed by atoms with E-state index in [-0.39, 0.29) is 12.5 Å². The number of nitrogens with zero attached hydrogens (tertiary/aromatic N) is 2. The molecule has 0 atom stereocenters. The van der Waals surface area contributed by atoms with Crippen LogP contribution in [0.15, 0.2) is 28.7 Å². The van der Waals surface area contributed by atoms with Crippen molar-refractivity contribution in [2.45, 2.75) is 6.42 Å². The zero-order valence-electron chi connectivity index (χ0n) is 13.0. The lowest BCUT2D eigenvalue weighted by atomic mass is 10.3. The summed E-state index contributed by atoms with van der Waals surface area (Å²) in [7, 11) is 0.397. The Morgan fingerprint density at radius 1 is 1.23 bits per heavy atom. The summed E-state index contributed by atoms with van der Waals surface area (Å²) in [6.07, 6.45) is 1.91. The predicted octanol–water partition coefficient (Wildman–Crippen LogP) is 1.28. The van der Waals surface area contributed by atoms with Crippen LogP contribution in [0.3, 0.4) is 0 Å². The lowest BCUT2D eigenvalue weighted by molar-refractivity contribution is -0.119. The Kier molecular flexibility index (Phi) is 7.31. The second kappa shape index (κ2) is 8.50. The minimum absolute atomic E-state index is 0.220. The Labute approximate surface area is 140 Å². The van der Waals surface area contributed by atoms with Crippen LogP contribution in [0, 0.1) is 0 Å². The summed E-state index contributed by atoms with van der Waals surface area (Å²) in [6, 6.07) is 6.79. The van der Waals surface area contributed by atoms with E-state index in [1.165, 1.54) is 0 Å². The molecule has 124 valence electrons. The number of carbonyl (C=O) groups is 1. The summed E-state index contributed by atoms with van der Waals surface area (Å²) in [4.78, 5) is 14.0. The van der Waals surface area contributed by atoms with E-state index >= 15 is 0 Å². The van der Waals surface area contributed by atoms with Crippen molar-refractivity contribution >= 4 is 37.5 Å². The third-order valence-electron chi connectivity index (χ3n) is 2.91. The number of nitrogens with one attached hydrogen (secondary N) is 1. The molecule has 0 aliphatic rings. The van der Waals surface area contributed by atoms with Gasteiger partial charge in [-0.25, -0.2) is 8.42 Å². The van der Waals surface area contributed by atoms with Crippen LogP contribution in [0.25, 0.3) is 0 Å². The van der Waals surface area contributed by atoms with Gasteiger partial charge in [0.15, 0.2) is 0 Å². The molecule has 1 aromatic carbocycles. The van der Waals surface area contributed by atoms with E-state index in [1.807, 2.05) is 19.0 Å². The Hall–Kier alpha value is -1.12. The number of hydrogen-bond acceptors (Lipinski definition) is 4. The molecule has 1 N–H and O–H groups in total. The third kappa shape index (κ3) is 6.76. The van der Waals surface area contributed by atoms with Gasteiger partial charge >= 0.3 is 0 Å². The molecule has 0 saturated carbocycles. The number of rotatable bonds is 8. The molecule has 1 amide bonds. The van der Waals surface area contributed by atoms with Gasteiger partial charge in [0.25, 0.3) is 0 Å². The first-order chi connectivity index (χ1) is 10.2. The zero-order valence-corrected chi connectivity index (χ0v) is 15.4. The molecule has 0 bridgehead atoms. The van der Waals surface area contributed by atoms with Crippen molar-refractivity contribution < 1.29 is 13.2 Å². The lowest BCUT2D eigenvalue weighted by Gasteiger charge is -2.22. The summed E-state index contributed by atoms with van der Waals surface area (Å²) in [5.41, 5.74) is 0.467. The quantitative estimate of drug-likeness (QED) is 0.677. The van der Waals surface area contributed by atoms with Crippen molar-refractivity contribution in [3.63, 3.8) is 0 Å². The van der Waals surface area contributed by atoms with Gasteiger partial charge < -0.3 is 10.2 Å². The Morgan fingerprint density at radius 3 is 2.32 bits per heavy atom. The molecule has 0 heterocycles. The van der Waals surface area contributed by atoms with E-state index in [0.29, 0.717) is 12.2 Å². The number of anilines is 1. The van der Waals surface area contributed by atoms with Crippen LogP contribution in [-0.4, -0.2) is 59.2 Å². The van der Waals surface area contributed by atoms with Crippen molar-refractivity contribution in [3.8, 4) is 0 Å². The van der Waals surface area contributed by atoms with Gasteiger partial charge in [-0.2, -0.15) is 0 Å². The van der Waals surface area contributed by atoms with Gasteiger partial charge in [-0.05, 0) is 51.3 Å². The maximum absolute atomic E-state index is 11.9. The van der Waals surface area contributed by atoms with E-state index in [9.17, 15) is 13.2 Å². The first-order valence-electron chi connectivity index (χ1n) is 6.85. The Balaban J connectivity index is 2.67. The van der Waals surface area contributed by atoms with Gasteiger partial charge in [0.2, 0.25) is 15.9 Å². The van der Waals surface area contributed by atoms with E-state index in [1.54, 1.807) is 24.3 Å². The zero-order chi connectivity index (χ0) is 16.8. The monoisotopic (exact) mass is 391 g/mol. The smallest absolute Gasteiger partial charge is 0.240 e. The number of amides is 1. The highest BCUT2D eigenvalue weighted by Crippen LogP contribution is 2.20. The number of benzene rings is 1. The molecular formula is C14H22BrN3O3S. The SMILES string of the molecule is CN(C)CCCNC(=O)CN(c1ccc(Br)cc1)S(C)(=O)=O. The van der Waals surface area contributed by atoms with Crippen molar-refractivity contribution in [2.24, 2.45) is 0 Å². The van der Waals surface area contributed by atoms with Crippen molar-refractivity contribution in [1.82, 2.24) is 10.2 Å². The number of carbonyl (C=O) groups excluding carboxylic acids is 1. The second-order valence-corrected chi connectivity index (χ2v) is 8.08. The maximum atomic E-state index is 11.9. The summed E-state index contributed by atoms with van der Waals surface area (Å²) >= 11 is 3.30. The maximum Gasteiger partial charge on any atom is 0.240 e. The van der Waals surface area contributed by atoms with Crippen LogP contribution in [-0.2, 0) is 14.8 Å². The molecule has 0 saturated heterocycles. The van der Waals surface area contributed by atoms with Crippen molar-refractivity contribution in [3.05, 3.63) is 28.7 Å². The summed E-state index contributed by atoms with van der Waals surface area (Å²) < 4.78 is 25.7. The van der Waals surface area contributed by atoms with Gasteiger partial charge in [0.05, 0.1) is 11.9 Å². The average Bonchev–Trinajstić information content (AvgIpc) is 2.41. The largest absolute Gasteiger partial charge is 0.354 e. The average molecular weight is 392 g/mol. The summed E-state index contributed by atoms with van der Waals surface area (Å²) in [5, 5.41) is 2.74. The topological polar surface area (TPSA) is 69.7 Å². The molecule has 1 rings (SSSR count). The Bertz CT molecular complexity index is 588. The highest BCUT2D eigenvalue weighted by molar-refractivity contribution is 9.10. The van der Waals surface area contributed by atoms with Crippen LogP contribution in [0.4, 0.5) is 5.69 Å². The normalized spacial score (nSPS) is 11.5. The molecular weight excluding hydrogens is 370 g/mol. The van der Waals surface area contributed by atoms with Gasteiger partial charge in [-0.15, -0.1) is 0 Å². The Morgan fingerprint density at radius 2 is 1.82 bits per heavy atom. The fourth-order valence-electron chi connectivity index (χ4n) is 1.82. The van der Waals surface area contributed by atoms with E-state index in [4.69, 9.17) is 0 Å². The molecule has 0 aromatic heterocycles. The molecule has 0 aliphatic carbocycles. The van der Waals surface area contributed by atoms with Gasteiger partial charge in [0.1, 0.15) is 6.54 Å². The fraction of sp³-hybridized carbons (Fsp3) is 0.500. The van der Waals surface area contributed by atoms with Crippen molar-refractivity contribution in [2.75, 3.05) is 44.3 Å². The molecule has 0 spiro atoms. The summed E-state index contributed by atoms with van der Waals surface area (Å²) in [5.74, 6) is -0.313. The van der Waals surface area contributed by atoms with E-state index < -0.39 is 10.0 Å². The predicted molar refractivity (Wildman–Crippen MR) is 92.5 cm³/mol. The fourth-order valence-corrected chi connectivity index (χ4v) is 2.94. The van der Waals surface area contributed by atoms with E-state index in [0.717, 1.165) is 28.0 Å². The van der Waals surface area contributed by atoms with Gasteiger partial charge in [-0.3, -0.25) is 9.10 Å². The van der Waals surface area contributed by atoms with E-state index in [2.05, 4.69) is 21.2 Å². The van der Waals surface area contributed by atoms with Crippen LogP contribution >= 0.6 is 15.9 Å². The highest BCUT2D eigenvalue weighted by Gasteiger charge is 2.20.